The standard InChI is InChI=1S/C19H23ClN2O3S/c1-3-12-21-19(23)14-22(13-16-6-8-17(20)9-7-16)26(24,25)18-10-4-15(2)5-11-18/h4-11H,3,12-14H2,1-2H3,(H,21,23). The zero-order chi connectivity index (χ0) is 19.2. The lowest BCUT2D eigenvalue weighted by molar-refractivity contribution is -0.121. The Labute approximate surface area is 160 Å². The number of amides is 1. The molecule has 0 aliphatic rings. The van der Waals surface area contributed by atoms with Gasteiger partial charge in [-0.05, 0) is 43.2 Å². The molecule has 0 aromatic heterocycles. The SMILES string of the molecule is CCCNC(=O)CN(Cc1ccc(Cl)cc1)S(=O)(=O)c1ccc(C)cc1. The Bertz CT molecular complexity index is 834. The van der Waals surface area contributed by atoms with Crippen molar-refractivity contribution in [3.63, 3.8) is 0 Å². The molecule has 0 aliphatic carbocycles. The Morgan fingerprint density at radius 3 is 2.27 bits per heavy atom. The van der Waals surface area contributed by atoms with Crippen LogP contribution < -0.4 is 5.32 Å². The molecule has 1 N–H and O–H groups in total. The van der Waals surface area contributed by atoms with Crippen molar-refractivity contribution in [2.75, 3.05) is 13.1 Å². The fourth-order valence-corrected chi connectivity index (χ4v) is 3.87. The molecule has 0 saturated carbocycles. The third kappa shape index (κ3) is 5.56. The molecular weight excluding hydrogens is 372 g/mol. The minimum absolute atomic E-state index is 0.0902. The van der Waals surface area contributed by atoms with E-state index >= 15 is 0 Å². The quantitative estimate of drug-likeness (QED) is 0.746. The van der Waals surface area contributed by atoms with Gasteiger partial charge in [0, 0.05) is 18.1 Å². The second-order valence-corrected chi connectivity index (χ2v) is 8.44. The number of carbonyl (C=O) groups is 1. The lowest BCUT2D eigenvalue weighted by atomic mass is 10.2. The maximum atomic E-state index is 13.0. The van der Waals surface area contributed by atoms with Crippen molar-refractivity contribution in [2.24, 2.45) is 0 Å². The number of nitrogens with one attached hydrogen (secondary N) is 1. The van der Waals surface area contributed by atoms with E-state index in [1.165, 1.54) is 4.31 Å². The first-order chi connectivity index (χ1) is 12.3. The van der Waals surface area contributed by atoms with Gasteiger partial charge in [0.15, 0.2) is 0 Å². The van der Waals surface area contributed by atoms with Gasteiger partial charge in [-0.3, -0.25) is 4.79 Å². The van der Waals surface area contributed by atoms with Crippen LogP contribution in [0.5, 0.6) is 0 Å². The van der Waals surface area contributed by atoms with Crippen LogP contribution in [-0.2, 0) is 21.4 Å². The molecule has 5 nitrogen and oxygen atoms in total. The number of benzene rings is 2. The number of aryl methyl sites for hydroxylation is 1. The molecule has 0 heterocycles. The molecule has 2 aromatic carbocycles. The highest BCUT2D eigenvalue weighted by Gasteiger charge is 2.26. The molecule has 0 unspecified atom stereocenters. The van der Waals surface area contributed by atoms with Crippen LogP contribution in [0.3, 0.4) is 0 Å². The van der Waals surface area contributed by atoms with E-state index in [4.69, 9.17) is 11.6 Å². The molecule has 0 saturated heterocycles. The van der Waals surface area contributed by atoms with Crippen molar-refractivity contribution in [2.45, 2.75) is 31.7 Å². The van der Waals surface area contributed by atoms with Gasteiger partial charge in [0.2, 0.25) is 15.9 Å². The van der Waals surface area contributed by atoms with Gasteiger partial charge in [0.25, 0.3) is 0 Å². The van der Waals surface area contributed by atoms with Crippen molar-refractivity contribution in [3.8, 4) is 0 Å². The van der Waals surface area contributed by atoms with E-state index in [2.05, 4.69) is 5.32 Å². The summed E-state index contributed by atoms with van der Waals surface area (Å²) in [4.78, 5) is 12.3. The zero-order valence-electron chi connectivity index (χ0n) is 14.9. The first-order valence-electron chi connectivity index (χ1n) is 8.41. The summed E-state index contributed by atoms with van der Waals surface area (Å²) in [6.07, 6.45) is 0.785. The molecule has 140 valence electrons. The predicted octanol–water partition coefficient (Wildman–Crippen LogP) is 3.37. The molecule has 0 atom stereocenters. The Morgan fingerprint density at radius 1 is 1.08 bits per heavy atom. The van der Waals surface area contributed by atoms with E-state index in [0.717, 1.165) is 17.5 Å². The van der Waals surface area contributed by atoms with Crippen molar-refractivity contribution >= 4 is 27.5 Å². The molecule has 0 radical (unpaired) electrons. The summed E-state index contributed by atoms with van der Waals surface area (Å²) in [5, 5.41) is 3.30. The fraction of sp³-hybridized carbons (Fsp3) is 0.316. The van der Waals surface area contributed by atoms with Crippen LogP contribution in [-0.4, -0.2) is 31.7 Å². The Hall–Kier alpha value is -1.89. The highest BCUT2D eigenvalue weighted by atomic mass is 35.5. The van der Waals surface area contributed by atoms with Crippen molar-refractivity contribution in [3.05, 3.63) is 64.7 Å². The first-order valence-corrected chi connectivity index (χ1v) is 10.2. The van der Waals surface area contributed by atoms with Gasteiger partial charge in [-0.2, -0.15) is 4.31 Å². The van der Waals surface area contributed by atoms with Gasteiger partial charge in [0.05, 0.1) is 11.4 Å². The van der Waals surface area contributed by atoms with Gasteiger partial charge in [-0.25, -0.2) is 8.42 Å². The van der Waals surface area contributed by atoms with Gasteiger partial charge in [0.1, 0.15) is 0 Å². The van der Waals surface area contributed by atoms with E-state index in [0.29, 0.717) is 11.6 Å². The smallest absolute Gasteiger partial charge is 0.243 e. The number of nitrogens with zero attached hydrogens (tertiary/aromatic N) is 1. The lowest BCUT2D eigenvalue weighted by Crippen LogP contribution is -2.40. The molecule has 2 rings (SSSR count). The average molecular weight is 395 g/mol. The largest absolute Gasteiger partial charge is 0.355 e. The molecule has 7 heteroatoms. The first kappa shape index (κ1) is 20.4. The van der Waals surface area contributed by atoms with Crippen LogP contribution in [0.1, 0.15) is 24.5 Å². The van der Waals surface area contributed by atoms with Crippen LogP contribution in [0.2, 0.25) is 5.02 Å². The van der Waals surface area contributed by atoms with E-state index in [-0.39, 0.29) is 23.9 Å². The van der Waals surface area contributed by atoms with Gasteiger partial charge in [-0.1, -0.05) is 48.4 Å². The summed E-state index contributed by atoms with van der Waals surface area (Å²) in [5.74, 6) is -0.323. The van der Waals surface area contributed by atoms with Crippen LogP contribution in [0.15, 0.2) is 53.4 Å². The highest BCUT2D eigenvalue weighted by Crippen LogP contribution is 2.20. The van der Waals surface area contributed by atoms with Crippen LogP contribution in [0.4, 0.5) is 0 Å². The molecular formula is C19H23ClN2O3S. The Morgan fingerprint density at radius 2 is 1.69 bits per heavy atom. The third-order valence-corrected chi connectivity index (χ3v) is 5.88. The lowest BCUT2D eigenvalue weighted by Gasteiger charge is -2.22. The summed E-state index contributed by atoms with van der Waals surface area (Å²) >= 11 is 5.89. The van der Waals surface area contributed by atoms with E-state index < -0.39 is 10.0 Å². The summed E-state index contributed by atoms with van der Waals surface area (Å²) in [6, 6.07) is 13.5. The van der Waals surface area contributed by atoms with Crippen molar-refractivity contribution in [1.82, 2.24) is 9.62 Å². The molecule has 1 amide bonds. The normalized spacial score (nSPS) is 11.5. The molecule has 0 aliphatic heterocycles. The number of sulfonamides is 1. The number of hydrogen-bond donors (Lipinski definition) is 1. The zero-order valence-corrected chi connectivity index (χ0v) is 16.5. The van der Waals surface area contributed by atoms with Gasteiger partial charge < -0.3 is 5.32 Å². The Balaban J connectivity index is 2.30. The summed E-state index contributed by atoms with van der Waals surface area (Å²) < 4.78 is 27.3. The predicted molar refractivity (Wildman–Crippen MR) is 104 cm³/mol. The number of rotatable bonds is 8. The molecule has 2 aromatic rings. The van der Waals surface area contributed by atoms with Crippen LogP contribution >= 0.6 is 11.6 Å². The van der Waals surface area contributed by atoms with E-state index in [9.17, 15) is 13.2 Å². The van der Waals surface area contributed by atoms with E-state index in [1.54, 1.807) is 48.5 Å². The maximum absolute atomic E-state index is 13.0. The summed E-state index contributed by atoms with van der Waals surface area (Å²) in [6.45, 7) is 4.19. The number of carbonyl (C=O) groups excluding carboxylic acids is 1. The van der Waals surface area contributed by atoms with Gasteiger partial charge >= 0.3 is 0 Å². The minimum Gasteiger partial charge on any atom is -0.355 e. The number of halogens is 1. The summed E-state index contributed by atoms with van der Waals surface area (Å²) in [5.41, 5.74) is 1.72. The van der Waals surface area contributed by atoms with Crippen molar-refractivity contribution < 1.29 is 13.2 Å². The third-order valence-electron chi connectivity index (χ3n) is 3.82. The van der Waals surface area contributed by atoms with Crippen LogP contribution in [0, 0.1) is 6.92 Å². The topological polar surface area (TPSA) is 66.5 Å². The second kappa shape index (κ2) is 9.16. The fourth-order valence-electron chi connectivity index (χ4n) is 2.36. The maximum Gasteiger partial charge on any atom is 0.243 e. The average Bonchev–Trinajstić information content (AvgIpc) is 2.61. The molecule has 0 bridgehead atoms. The number of hydrogen-bond acceptors (Lipinski definition) is 3. The second-order valence-electron chi connectivity index (χ2n) is 6.06. The molecule has 0 spiro atoms. The van der Waals surface area contributed by atoms with Crippen molar-refractivity contribution in [1.29, 1.82) is 0 Å². The monoisotopic (exact) mass is 394 g/mol. The highest BCUT2D eigenvalue weighted by molar-refractivity contribution is 7.89. The van der Waals surface area contributed by atoms with E-state index in [1.807, 2.05) is 13.8 Å². The minimum atomic E-state index is -3.81. The Kier molecular flexibility index (Phi) is 7.20. The van der Waals surface area contributed by atoms with Crippen LogP contribution in [0.25, 0.3) is 0 Å². The van der Waals surface area contributed by atoms with Gasteiger partial charge in [-0.15, -0.1) is 0 Å². The molecule has 26 heavy (non-hydrogen) atoms. The summed E-state index contributed by atoms with van der Waals surface area (Å²) in [7, 11) is -3.81. The molecule has 0 fully saturated rings.